The molecule has 2 heteroatoms. The minimum atomic E-state index is 0.0360. The zero-order valence-corrected chi connectivity index (χ0v) is 13.7. The van der Waals surface area contributed by atoms with E-state index in [-0.39, 0.29) is 11.9 Å². The van der Waals surface area contributed by atoms with Gasteiger partial charge in [0.25, 0.3) is 0 Å². The van der Waals surface area contributed by atoms with Crippen LogP contribution in [0.1, 0.15) is 43.5 Å². The zero-order valence-electron chi connectivity index (χ0n) is 13.7. The Morgan fingerprint density at radius 1 is 0.909 bits per heavy atom. The van der Waals surface area contributed by atoms with Crippen LogP contribution in [-0.4, -0.2) is 5.91 Å². The highest BCUT2D eigenvalue weighted by Crippen LogP contribution is 2.13. The lowest BCUT2D eigenvalue weighted by Gasteiger charge is -2.14. The van der Waals surface area contributed by atoms with Gasteiger partial charge in [-0.1, -0.05) is 68.4 Å². The third kappa shape index (κ3) is 5.03. The van der Waals surface area contributed by atoms with Crippen molar-refractivity contribution in [3.05, 3.63) is 71.3 Å². The van der Waals surface area contributed by atoms with Gasteiger partial charge >= 0.3 is 0 Å². The van der Waals surface area contributed by atoms with Gasteiger partial charge in [-0.15, -0.1) is 0 Å². The van der Waals surface area contributed by atoms with Crippen LogP contribution < -0.4 is 5.32 Å². The number of nitrogens with one attached hydrogen (secondary N) is 1. The Labute approximate surface area is 133 Å². The Balaban J connectivity index is 1.89. The van der Waals surface area contributed by atoms with E-state index >= 15 is 0 Å². The van der Waals surface area contributed by atoms with E-state index < -0.39 is 0 Å². The Hall–Kier alpha value is -2.09. The molecule has 1 amide bonds. The van der Waals surface area contributed by atoms with Crippen molar-refractivity contribution in [2.75, 3.05) is 0 Å². The molecule has 0 saturated carbocycles. The highest BCUT2D eigenvalue weighted by atomic mass is 16.1. The molecule has 1 atom stereocenters. The van der Waals surface area contributed by atoms with Crippen LogP contribution in [0.5, 0.6) is 0 Å². The number of amides is 1. The summed E-state index contributed by atoms with van der Waals surface area (Å²) in [5.74, 6) is 0.717. The molecule has 0 aliphatic heterocycles. The first-order valence-corrected chi connectivity index (χ1v) is 7.96. The van der Waals surface area contributed by atoms with Crippen LogP contribution >= 0.6 is 0 Å². The Bertz CT molecular complexity index is 587. The number of benzene rings is 2. The second kappa shape index (κ2) is 7.79. The Morgan fingerprint density at radius 2 is 1.50 bits per heavy atom. The molecule has 2 rings (SSSR count). The van der Waals surface area contributed by atoms with Crippen LogP contribution in [0.4, 0.5) is 0 Å². The van der Waals surface area contributed by atoms with E-state index in [1.54, 1.807) is 0 Å². The Morgan fingerprint density at radius 3 is 2.09 bits per heavy atom. The van der Waals surface area contributed by atoms with E-state index in [4.69, 9.17) is 0 Å². The molecule has 2 aromatic rings. The van der Waals surface area contributed by atoms with E-state index in [0.29, 0.717) is 12.3 Å². The average Bonchev–Trinajstić information content (AvgIpc) is 2.49. The lowest BCUT2D eigenvalue weighted by molar-refractivity contribution is -0.121. The molecule has 0 fully saturated rings. The molecule has 1 unspecified atom stereocenters. The zero-order chi connectivity index (χ0) is 15.9. The van der Waals surface area contributed by atoms with Crippen molar-refractivity contribution >= 4 is 5.91 Å². The summed E-state index contributed by atoms with van der Waals surface area (Å²) in [7, 11) is 0. The van der Waals surface area contributed by atoms with E-state index in [9.17, 15) is 4.79 Å². The van der Waals surface area contributed by atoms with Gasteiger partial charge in [-0.25, -0.2) is 0 Å². The first-order valence-electron chi connectivity index (χ1n) is 7.96. The fourth-order valence-electron chi connectivity index (χ4n) is 2.57. The summed E-state index contributed by atoms with van der Waals surface area (Å²) in [4.78, 5) is 12.1. The molecule has 0 radical (unpaired) electrons. The molecular formula is C20H25NO. The first-order chi connectivity index (χ1) is 10.5. The fraction of sp³-hybridized carbons (Fsp3) is 0.350. The molecule has 22 heavy (non-hydrogen) atoms. The van der Waals surface area contributed by atoms with E-state index in [0.717, 1.165) is 17.5 Å². The maximum Gasteiger partial charge on any atom is 0.224 e. The van der Waals surface area contributed by atoms with Gasteiger partial charge in [0, 0.05) is 0 Å². The largest absolute Gasteiger partial charge is 0.349 e. The van der Waals surface area contributed by atoms with Gasteiger partial charge in [-0.05, 0) is 36.0 Å². The van der Waals surface area contributed by atoms with Crippen molar-refractivity contribution in [2.24, 2.45) is 5.92 Å². The predicted molar refractivity (Wildman–Crippen MR) is 91.7 cm³/mol. The van der Waals surface area contributed by atoms with Crippen LogP contribution in [0.2, 0.25) is 0 Å². The van der Waals surface area contributed by atoms with E-state index in [2.05, 4.69) is 43.4 Å². The molecule has 0 aliphatic carbocycles. The summed E-state index contributed by atoms with van der Waals surface area (Å²) >= 11 is 0. The summed E-state index contributed by atoms with van der Waals surface area (Å²) in [5, 5.41) is 3.05. The molecule has 116 valence electrons. The maximum absolute atomic E-state index is 12.1. The summed E-state index contributed by atoms with van der Waals surface area (Å²) < 4.78 is 0. The molecule has 0 spiro atoms. The monoisotopic (exact) mass is 295 g/mol. The van der Waals surface area contributed by atoms with E-state index in [1.165, 1.54) is 5.56 Å². The minimum Gasteiger partial charge on any atom is -0.349 e. The number of hydrogen-bond donors (Lipinski definition) is 1. The maximum atomic E-state index is 12.1. The number of carbonyl (C=O) groups is 1. The highest BCUT2D eigenvalue weighted by molar-refractivity contribution is 5.79. The lowest BCUT2D eigenvalue weighted by atomic mass is 10.0. The highest BCUT2D eigenvalue weighted by Gasteiger charge is 2.09. The molecule has 2 nitrogen and oxygen atoms in total. The average molecular weight is 295 g/mol. The summed E-state index contributed by atoms with van der Waals surface area (Å²) in [6, 6.07) is 18.4. The third-order valence-corrected chi connectivity index (χ3v) is 3.71. The molecule has 0 aliphatic rings. The van der Waals surface area contributed by atoms with Crippen molar-refractivity contribution in [1.29, 1.82) is 0 Å². The summed E-state index contributed by atoms with van der Waals surface area (Å²) in [5.41, 5.74) is 3.52. The molecule has 1 N–H and O–H groups in total. The van der Waals surface area contributed by atoms with E-state index in [1.807, 2.05) is 37.3 Å². The molecular weight excluding hydrogens is 270 g/mol. The lowest BCUT2D eigenvalue weighted by Crippen LogP contribution is -2.28. The smallest absolute Gasteiger partial charge is 0.224 e. The number of rotatable bonds is 6. The normalized spacial score (nSPS) is 12.2. The molecule has 0 aromatic heterocycles. The molecule has 0 saturated heterocycles. The van der Waals surface area contributed by atoms with Crippen molar-refractivity contribution in [1.82, 2.24) is 5.32 Å². The SMILES string of the molecule is CC(C)Cc1ccc(CC(=O)NC(C)c2ccccc2)cc1. The molecule has 0 bridgehead atoms. The number of carbonyl (C=O) groups excluding carboxylic acids is 1. The standard InChI is InChI=1S/C20H25NO/c1-15(2)13-17-9-11-18(12-10-17)14-20(22)21-16(3)19-7-5-4-6-8-19/h4-12,15-16H,13-14H2,1-3H3,(H,21,22). The van der Waals surface area contributed by atoms with Crippen LogP contribution in [0, 0.1) is 5.92 Å². The van der Waals surface area contributed by atoms with Crippen molar-refractivity contribution in [3.63, 3.8) is 0 Å². The fourth-order valence-corrected chi connectivity index (χ4v) is 2.57. The van der Waals surface area contributed by atoms with Gasteiger partial charge < -0.3 is 5.32 Å². The topological polar surface area (TPSA) is 29.1 Å². The molecule has 0 heterocycles. The quantitative estimate of drug-likeness (QED) is 0.845. The van der Waals surface area contributed by atoms with Crippen molar-refractivity contribution < 1.29 is 4.79 Å². The van der Waals surface area contributed by atoms with Gasteiger partial charge in [0.1, 0.15) is 0 Å². The summed E-state index contributed by atoms with van der Waals surface area (Å²) in [6.45, 7) is 6.44. The minimum absolute atomic E-state index is 0.0360. The second-order valence-electron chi connectivity index (χ2n) is 6.29. The van der Waals surface area contributed by atoms with Gasteiger partial charge in [0.2, 0.25) is 5.91 Å². The van der Waals surface area contributed by atoms with Crippen molar-refractivity contribution in [3.8, 4) is 0 Å². The number of hydrogen-bond acceptors (Lipinski definition) is 1. The van der Waals surface area contributed by atoms with Gasteiger partial charge in [0.15, 0.2) is 0 Å². The van der Waals surface area contributed by atoms with Gasteiger partial charge in [-0.3, -0.25) is 4.79 Å². The van der Waals surface area contributed by atoms with Crippen LogP contribution in [0.3, 0.4) is 0 Å². The van der Waals surface area contributed by atoms with Crippen molar-refractivity contribution in [2.45, 2.75) is 39.7 Å². The second-order valence-corrected chi connectivity index (χ2v) is 6.29. The van der Waals surface area contributed by atoms with Crippen LogP contribution in [0.25, 0.3) is 0 Å². The van der Waals surface area contributed by atoms with Crippen LogP contribution in [0.15, 0.2) is 54.6 Å². The summed E-state index contributed by atoms with van der Waals surface area (Å²) in [6.07, 6.45) is 1.51. The third-order valence-electron chi connectivity index (χ3n) is 3.71. The van der Waals surface area contributed by atoms with Crippen LogP contribution in [-0.2, 0) is 17.6 Å². The van der Waals surface area contributed by atoms with Gasteiger partial charge in [0.05, 0.1) is 12.5 Å². The van der Waals surface area contributed by atoms with Gasteiger partial charge in [-0.2, -0.15) is 0 Å². The molecule has 2 aromatic carbocycles. The predicted octanol–water partition coefficient (Wildman–Crippen LogP) is 4.31. The first kappa shape index (κ1) is 16.3. The Kier molecular flexibility index (Phi) is 5.76.